The van der Waals surface area contributed by atoms with Crippen LogP contribution >= 0.6 is 11.6 Å². The second kappa shape index (κ2) is 6.80. The normalized spacial score (nSPS) is 18.0. The van der Waals surface area contributed by atoms with Gasteiger partial charge in [-0.2, -0.15) is 4.31 Å². The molecule has 1 aromatic rings. The van der Waals surface area contributed by atoms with E-state index in [9.17, 15) is 13.2 Å². The number of amides is 1. The predicted molar refractivity (Wildman–Crippen MR) is 86.8 cm³/mol. The minimum atomic E-state index is -3.13. The minimum Gasteiger partial charge on any atom is -0.354 e. The topological polar surface area (TPSA) is 82.6 Å². The molecule has 7 nitrogen and oxygen atoms in total. The third kappa shape index (κ3) is 4.31. The highest BCUT2D eigenvalue weighted by Crippen LogP contribution is 2.17. The van der Waals surface area contributed by atoms with E-state index in [0.717, 1.165) is 5.82 Å². The number of hydrogen-bond acceptors (Lipinski definition) is 5. The van der Waals surface area contributed by atoms with E-state index in [1.807, 2.05) is 4.90 Å². The molecule has 22 heavy (non-hydrogen) atoms. The Morgan fingerprint density at radius 3 is 2.41 bits per heavy atom. The summed E-state index contributed by atoms with van der Waals surface area (Å²) >= 11 is 5.69. The maximum Gasteiger partial charge on any atom is 0.242 e. The Morgan fingerprint density at radius 1 is 1.32 bits per heavy atom. The van der Waals surface area contributed by atoms with Crippen LogP contribution < -0.4 is 10.2 Å². The second-order valence-corrected chi connectivity index (χ2v) is 7.80. The number of carbonyl (C=O) groups excluding carboxylic acids is 1. The Kier molecular flexibility index (Phi) is 5.25. The van der Waals surface area contributed by atoms with Gasteiger partial charge >= 0.3 is 0 Å². The molecule has 2 rings (SSSR count). The molecule has 1 aromatic heterocycles. The minimum absolute atomic E-state index is 0.280. The van der Waals surface area contributed by atoms with Crippen LogP contribution in [-0.2, 0) is 14.8 Å². The van der Waals surface area contributed by atoms with Crippen molar-refractivity contribution in [3.8, 4) is 0 Å². The molecule has 1 aliphatic rings. The van der Waals surface area contributed by atoms with E-state index in [1.165, 1.54) is 10.6 Å². The van der Waals surface area contributed by atoms with Crippen molar-refractivity contribution in [3.05, 3.63) is 18.3 Å². The Hall–Kier alpha value is -1.38. The maximum absolute atomic E-state index is 11.5. The van der Waals surface area contributed by atoms with Crippen molar-refractivity contribution >= 4 is 39.0 Å². The number of alkyl halides is 1. The number of carbonyl (C=O) groups is 1. The number of anilines is 2. The van der Waals surface area contributed by atoms with E-state index >= 15 is 0 Å². The quantitative estimate of drug-likeness (QED) is 0.813. The van der Waals surface area contributed by atoms with Crippen molar-refractivity contribution in [2.75, 3.05) is 42.7 Å². The number of hydrogen-bond donors (Lipinski definition) is 1. The lowest BCUT2D eigenvalue weighted by Gasteiger charge is -2.34. The Bertz CT molecular complexity index is 625. The number of piperazine rings is 1. The average Bonchev–Trinajstić information content (AvgIpc) is 2.47. The standard InChI is InChI=1S/C13H19ClN4O3S/c1-10(14)13(19)16-11-3-4-12(15-9-11)17-5-7-18(8-6-17)22(2,20)21/h3-4,9-10H,5-8H2,1-2H3,(H,16,19). The van der Waals surface area contributed by atoms with E-state index in [4.69, 9.17) is 11.6 Å². The lowest BCUT2D eigenvalue weighted by atomic mass is 10.3. The molecule has 122 valence electrons. The predicted octanol–water partition coefficient (Wildman–Crippen LogP) is 0.729. The summed E-state index contributed by atoms with van der Waals surface area (Å²) < 4.78 is 24.4. The summed E-state index contributed by atoms with van der Waals surface area (Å²) in [7, 11) is -3.13. The summed E-state index contributed by atoms with van der Waals surface area (Å²) in [6.45, 7) is 3.67. The van der Waals surface area contributed by atoms with Gasteiger partial charge in [0.2, 0.25) is 15.9 Å². The van der Waals surface area contributed by atoms with E-state index in [2.05, 4.69) is 10.3 Å². The summed E-state index contributed by atoms with van der Waals surface area (Å²) in [5.74, 6) is 0.475. The van der Waals surface area contributed by atoms with E-state index in [-0.39, 0.29) is 5.91 Å². The molecule has 1 saturated heterocycles. The molecular formula is C13H19ClN4O3S. The Balaban J connectivity index is 1.96. The molecule has 2 heterocycles. The third-order valence-electron chi connectivity index (χ3n) is 3.41. The van der Waals surface area contributed by atoms with Gasteiger partial charge in [-0.1, -0.05) is 0 Å². The lowest BCUT2D eigenvalue weighted by Crippen LogP contribution is -2.48. The van der Waals surface area contributed by atoms with Crippen LogP contribution in [-0.4, -0.2) is 61.4 Å². The zero-order valence-electron chi connectivity index (χ0n) is 12.5. The van der Waals surface area contributed by atoms with Crippen LogP contribution in [0.25, 0.3) is 0 Å². The molecule has 1 N–H and O–H groups in total. The van der Waals surface area contributed by atoms with Gasteiger partial charge in [0.15, 0.2) is 0 Å². The molecule has 0 spiro atoms. The van der Waals surface area contributed by atoms with Crippen LogP contribution in [0.5, 0.6) is 0 Å². The first-order valence-electron chi connectivity index (χ1n) is 6.88. The molecule has 1 aliphatic heterocycles. The summed E-state index contributed by atoms with van der Waals surface area (Å²) in [5, 5.41) is 2.05. The van der Waals surface area contributed by atoms with Gasteiger partial charge in [-0.25, -0.2) is 13.4 Å². The molecular weight excluding hydrogens is 328 g/mol. The van der Waals surface area contributed by atoms with Gasteiger partial charge in [0.25, 0.3) is 0 Å². The van der Waals surface area contributed by atoms with Crippen LogP contribution in [0.3, 0.4) is 0 Å². The van der Waals surface area contributed by atoms with Crippen LogP contribution in [0.15, 0.2) is 18.3 Å². The number of rotatable bonds is 4. The Morgan fingerprint density at radius 2 is 1.95 bits per heavy atom. The van der Waals surface area contributed by atoms with Crippen molar-refractivity contribution in [2.45, 2.75) is 12.3 Å². The highest BCUT2D eigenvalue weighted by atomic mass is 35.5. The van der Waals surface area contributed by atoms with Gasteiger partial charge < -0.3 is 10.2 Å². The first-order valence-corrected chi connectivity index (χ1v) is 9.17. The summed E-state index contributed by atoms with van der Waals surface area (Å²) in [5.41, 5.74) is 0.580. The van der Waals surface area contributed by atoms with Crippen molar-refractivity contribution in [1.82, 2.24) is 9.29 Å². The smallest absolute Gasteiger partial charge is 0.242 e. The van der Waals surface area contributed by atoms with Crippen LogP contribution in [0, 0.1) is 0 Å². The van der Waals surface area contributed by atoms with Crippen LogP contribution in [0.1, 0.15) is 6.92 Å². The molecule has 0 bridgehead atoms. The number of sulfonamides is 1. The average molecular weight is 347 g/mol. The summed E-state index contributed by atoms with van der Waals surface area (Å²) in [6, 6.07) is 3.55. The molecule has 0 radical (unpaired) electrons. The van der Waals surface area contributed by atoms with Gasteiger partial charge in [-0.3, -0.25) is 4.79 Å². The van der Waals surface area contributed by atoms with Gasteiger partial charge in [-0.05, 0) is 19.1 Å². The number of pyridine rings is 1. The van der Waals surface area contributed by atoms with Crippen molar-refractivity contribution < 1.29 is 13.2 Å². The summed E-state index contributed by atoms with van der Waals surface area (Å²) in [4.78, 5) is 17.8. The largest absolute Gasteiger partial charge is 0.354 e. The first kappa shape index (κ1) is 17.0. The molecule has 1 amide bonds. The van der Waals surface area contributed by atoms with Gasteiger partial charge in [-0.15, -0.1) is 11.6 Å². The zero-order chi connectivity index (χ0) is 16.3. The number of nitrogens with zero attached hydrogens (tertiary/aromatic N) is 3. The number of aromatic nitrogens is 1. The zero-order valence-corrected chi connectivity index (χ0v) is 14.1. The molecule has 1 atom stereocenters. The fourth-order valence-electron chi connectivity index (χ4n) is 2.14. The number of halogens is 1. The molecule has 1 unspecified atom stereocenters. The fourth-order valence-corrected chi connectivity index (χ4v) is 3.02. The van der Waals surface area contributed by atoms with E-state index < -0.39 is 15.4 Å². The lowest BCUT2D eigenvalue weighted by molar-refractivity contribution is -0.115. The van der Waals surface area contributed by atoms with Crippen molar-refractivity contribution in [2.24, 2.45) is 0 Å². The van der Waals surface area contributed by atoms with Gasteiger partial charge in [0.05, 0.1) is 18.1 Å². The van der Waals surface area contributed by atoms with Gasteiger partial charge in [0.1, 0.15) is 11.2 Å². The van der Waals surface area contributed by atoms with Crippen molar-refractivity contribution in [1.29, 1.82) is 0 Å². The van der Waals surface area contributed by atoms with E-state index in [1.54, 1.807) is 25.3 Å². The van der Waals surface area contributed by atoms with Gasteiger partial charge in [0, 0.05) is 26.2 Å². The second-order valence-electron chi connectivity index (χ2n) is 5.16. The molecule has 0 saturated carbocycles. The summed E-state index contributed by atoms with van der Waals surface area (Å²) in [6.07, 6.45) is 2.78. The molecule has 1 fully saturated rings. The number of nitrogens with one attached hydrogen (secondary N) is 1. The van der Waals surface area contributed by atoms with Crippen LogP contribution in [0.4, 0.5) is 11.5 Å². The van der Waals surface area contributed by atoms with Crippen LogP contribution in [0.2, 0.25) is 0 Å². The highest BCUT2D eigenvalue weighted by Gasteiger charge is 2.23. The molecule has 9 heteroatoms. The van der Waals surface area contributed by atoms with Crippen molar-refractivity contribution in [3.63, 3.8) is 0 Å². The third-order valence-corrected chi connectivity index (χ3v) is 4.91. The SMILES string of the molecule is CC(Cl)C(=O)Nc1ccc(N2CCN(S(C)(=O)=O)CC2)nc1. The highest BCUT2D eigenvalue weighted by molar-refractivity contribution is 7.88. The Labute approximate surface area is 135 Å². The maximum atomic E-state index is 11.5. The first-order chi connectivity index (χ1) is 10.3. The molecule has 0 aromatic carbocycles. The fraction of sp³-hybridized carbons (Fsp3) is 0.538. The monoisotopic (exact) mass is 346 g/mol. The molecule has 0 aliphatic carbocycles. The van der Waals surface area contributed by atoms with E-state index in [0.29, 0.717) is 31.9 Å².